The molecule has 0 saturated heterocycles. The highest BCUT2D eigenvalue weighted by Crippen LogP contribution is 2.14. The van der Waals surface area contributed by atoms with Crippen LogP contribution in [0.15, 0.2) is 46.0 Å². The molecule has 0 amide bonds. The van der Waals surface area contributed by atoms with Crippen LogP contribution in [-0.2, 0) is 16.6 Å². The number of hydrogen-bond acceptors (Lipinski definition) is 4. The Hall–Kier alpha value is -1.38. The summed E-state index contributed by atoms with van der Waals surface area (Å²) in [5.41, 5.74) is 3.21. The summed E-state index contributed by atoms with van der Waals surface area (Å²) in [6.45, 7) is 2.67. The van der Waals surface area contributed by atoms with Gasteiger partial charge in [0, 0.05) is 17.2 Å². The Morgan fingerprint density at radius 3 is 2.58 bits per heavy atom. The van der Waals surface area contributed by atoms with Crippen molar-refractivity contribution >= 4 is 31.6 Å². The van der Waals surface area contributed by atoms with Gasteiger partial charge in [-0.2, -0.15) is 5.10 Å². The fourth-order valence-corrected chi connectivity index (χ4v) is 2.53. The first-order valence-corrected chi connectivity index (χ1v) is 7.85. The van der Waals surface area contributed by atoms with Crippen molar-refractivity contribution in [1.82, 2.24) is 14.6 Å². The van der Waals surface area contributed by atoms with Crippen LogP contribution >= 0.6 is 15.9 Å². The van der Waals surface area contributed by atoms with E-state index < -0.39 is 10.0 Å². The van der Waals surface area contributed by atoms with E-state index in [0.717, 1.165) is 11.0 Å². The van der Waals surface area contributed by atoms with Crippen LogP contribution < -0.4 is 10.3 Å². The number of nitrogens with zero attached hydrogens (tertiary/aromatic N) is 2. The number of hydrogen-bond donors (Lipinski definition) is 2. The average molecular weight is 345 g/mol. The van der Waals surface area contributed by atoms with Gasteiger partial charge in [-0.15, -0.1) is 4.83 Å². The molecule has 1 heterocycles. The van der Waals surface area contributed by atoms with Gasteiger partial charge >= 0.3 is 0 Å². The molecular weight excluding hydrogens is 332 g/mol. The van der Waals surface area contributed by atoms with Gasteiger partial charge in [0.1, 0.15) is 0 Å². The number of benzene rings is 1. The zero-order chi connectivity index (χ0) is 13.9. The standard InChI is InChI=1S/C11H13BrN4O2S/c1-2-16-8-10(7-13-16)14-15-19(17,18)11-5-3-9(12)4-6-11/h3-8,14-15H,2H2,1H3. The lowest BCUT2D eigenvalue weighted by atomic mass is 10.4. The fourth-order valence-electron chi connectivity index (χ4n) is 1.40. The number of nitrogens with one attached hydrogen (secondary N) is 2. The summed E-state index contributed by atoms with van der Waals surface area (Å²) in [5, 5.41) is 4.03. The molecule has 0 aliphatic heterocycles. The van der Waals surface area contributed by atoms with E-state index in [9.17, 15) is 8.42 Å². The molecule has 102 valence electrons. The minimum Gasteiger partial charge on any atom is -0.305 e. The molecule has 2 N–H and O–H groups in total. The Labute approximate surface area is 120 Å². The second-order valence-corrected chi connectivity index (χ2v) is 6.37. The van der Waals surface area contributed by atoms with Crippen LogP contribution in [0, 0.1) is 0 Å². The summed E-state index contributed by atoms with van der Waals surface area (Å²) >= 11 is 3.26. The first-order valence-electron chi connectivity index (χ1n) is 5.57. The molecule has 1 aromatic carbocycles. The quantitative estimate of drug-likeness (QED) is 0.813. The molecule has 6 nitrogen and oxygen atoms in total. The number of aromatic nitrogens is 2. The van der Waals surface area contributed by atoms with Gasteiger partial charge in [0.05, 0.1) is 16.8 Å². The van der Waals surface area contributed by atoms with Crippen LogP contribution in [0.4, 0.5) is 5.69 Å². The summed E-state index contributed by atoms with van der Waals surface area (Å²) < 4.78 is 26.5. The predicted octanol–water partition coefficient (Wildman–Crippen LogP) is 1.97. The molecule has 0 radical (unpaired) electrons. The van der Waals surface area contributed by atoms with E-state index in [1.165, 1.54) is 12.1 Å². The third kappa shape index (κ3) is 3.55. The Balaban J connectivity index is 2.07. The van der Waals surface area contributed by atoms with Crippen molar-refractivity contribution in [3.63, 3.8) is 0 Å². The number of anilines is 1. The molecule has 1 aromatic heterocycles. The van der Waals surface area contributed by atoms with E-state index in [1.807, 2.05) is 6.92 Å². The minimum absolute atomic E-state index is 0.186. The van der Waals surface area contributed by atoms with Crippen LogP contribution in [0.25, 0.3) is 0 Å². The van der Waals surface area contributed by atoms with E-state index in [4.69, 9.17) is 0 Å². The lowest BCUT2D eigenvalue weighted by Gasteiger charge is -2.07. The number of hydrazine groups is 1. The van der Waals surface area contributed by atoms with Crippen LogP contribution in [0.2, 0.25) is 0 Å². The Kier molecular flexibility index (Phi) is 4.23. The molecule has 0 saturated carbocycles. The van der Waals surface area contributed by atoms with Crippen LogP contribution in [0.1, 0.15) is 6.92 Å². The normalized spacial score (nSPS) is 11.5. The van der Waals surface area contributed by atoms with Crippen molar-refractivity contribution in [2.75, 3.05) is 5.43 Å². The Morgan fingerprint density at radius 1 is 1.32 bits per heavy atom. The summed E-state index contributed by atoms with van der Waals surface area (Å²) in [6, 6.07) is 6.38. The van der Waals surface area contributed by atoms with Crippen LogP contribution in [-0.4, -0.2) is 18.2 Å². The van der Waals surface area contributed by atoms with Crippen molar-refractivity contribution in [2.24, 2.45) is 0 Å². The topological polar surface area (TPSA) is 76.0 Å². The van der Waals surface area contributed by atoms with Crippen LogP contribution in [0.3, 0.4) is 0 Å². The third-order valence-corrected chi connectivity index (χ3v) is 4.20. The monoisotopic (exact) mass is 344 g/mol. The molecule has 0 aliphatic carbocycles. The molecule has 2 rings (SSSR count). The number of halogens is 1. The smallest absolute Gasteiger partial charge is 0.257 e. The Morgan fingerprint density at radius 2 is 2.00 bits per heavy atom. The third-order valence-electron chi connectivity index (χ3n) is 2.41. The van der Waals surface area contributed by atoms with Gasteiger partial charge < -0.3 is 5.43 Å². The van der Waals surface area contributed by atoms with E-state index >= 15 is 0 Å². The van der Waals surface area contributed by atoms with E-state index in [0.29, 0.717) is 5.69 Å². The molecular formula is C11H13BrN4O2S. The second kappa shape index (κ2) is 5.72. The first kappa shape index (κ1) is 14.0. The maximum Gasteiger partial charge on any atom is 0.257 e. The van der Waals surface area contributed by atoms with Gasteiger partial charge in [-0.1, -0.05) is 15.9 Å². The molecule has 8 heteroatoms. The van der Waals surface area contributed by atoms with E-state index in [-0.39, 0.29) is 4.90 Å². The average Bonchev–Trinajstić information content (AvgIpc) is 2.85. The highest BCUT2D eigenvalue weighted by Gasteiger charge is 2.13. The second-order valence-electron chi connectivity index (χ2n) is 3.77. The lowest BCUT2D eigenvalue weighted by Crippen LogP contribution is -2.29. The summed E-state index contributed by atoms with van der Waals surface area (Å²) in [5.74, 6) is 0. The first-order chi connectivity index (χ1) is 9.01. The zero-order valence-electron chi connectivity index (χ0n) is 10.2. The van der Waals surface area contributed by atoms with Gasteiger partial charge in [0.15, 0.2) is 0 Å². The van der Waals surface area contributed by atoms with E-state index in [1.54, 1.807) is 29.2 Å². The maximum absolute atomic E-state index is 12.0. The number of aryl methyl sites for hydroxylation is 1. The maximum atomic E-state index is 12.0. The fraction of sp³-hybridized carbons (Fsp3) is 0.182. The van der Waals surface area contributed by atoms with Crippen molar-refractivity contribution in [3.05, 3.63) is 41.1 Å². The SMILES string of the molecule is CCn1cc(NNS(=O)(=O)c2ccc(Br)cc2)cn1. The highest BCUT2D eigenvalue weighted by atomic mass is 79.9. The molecule has 0 bridgehead atoms. The molecule has 2 aromatic rings. The van der Waals surface area contributed by atoms with Crippen molar-refractivity contribution in [3.8, 4) is 0 Å². The van der Waals surface area contributed by atoms with Crippen LogP contribution in [0.5, 0.6) is 0 Å². The van der Waals surface area contributed by atoms with Gasteiger partial charge in [0.2, 0.25) is 0 Å². The van der Waals surface area contributed by atoms with Crippen molar-refractivity contribution in [2.45, 2.75) is 18.4 Å². The minimum atomic E-state index is -3.59. The molecule has 0 unspecified atom stereocenters. The van der Waals surface area contributed by atoms with Gasteiger partial charge in [-0.05, 0) is 31.2 Å². The predicted molar refractivity (Wildman–Crippen MR) is 76.0 cm³/mol. The van der Waals surface area contributed by atoms with Gasteiger partial charge in [0.25, 0.3) is 10.0 Å². The van der Waals surface area contributed by atoms with E-state index in [2.05, 4.69) is 31.3 Å². The number of rotatable bonds is 5. The zero-order valence-corrected chi connectivity index (χ0v) is 12.6. The molecule has 0 aliphatic rings. The van der Waals surface area contributed by atoms with Gasteiger partial charge in [-0.25, -0.2) is 8.42 Å². The lowest BCUT2D eigenvalue weighted by molar-refractivity contribution is 0.587. The Bertz CT molecular complexity index is 652. The van der Waals surface area contributed by atoms with Crippen molar-refractivity contribution in [1.29, 1.82) is 0 Å². The van der Waals surface area contributed by atoms with Gasteiger partial charge in [-0.3, -0.25) is 4.68 Å². The number of sulfonamides is 1. The largest absolute Gasteiger partial charge is 0.305 e. The molecule has 19 heavy (non-hydrogen) atoms. The summed E-state index contributed by atoms with van der Waals surface area (Å²) in [6.07, 6.45) is 3.26. The molecule has 0 spiro atoms. The highest BCUT2D eigenvalue weighted by molar-refractivity contribution is 9.10. The molecule has 0 atom stereocenters. The summed E-state index contributed by atoms with van der Waals surface area (Å²) in [7, 11) is -3.59. The molecule has 0 fully saturated rings. The summed E-state index contributed by atoms with van der Waals surface area (Å²) in [4.78, 5) is 2.49. The van der Waals surface area contributed by atoms with Crippen molar-refractivity contribution < 1.29 is 8.42 Å².